The minimum Gasteiger partial charge on any atom is -0.369 e. The van der Waals surface area contributed by atoms with Crippen LogP contribution in [0.1, 0.15) is 39.0 Å². The van der Waals surface area contributed by atoms with Crippen molar-refractivity contribution in [1.82, 2.24) is 9.78 Å². The Hall–Kier alpha value is -1.07. The minimum absolute atomic E-state index is 0.174. The van der Waals surface area contributed by atoms with Crippen LogP contribution in [0.5, 0.6) is 0 Å². The van der Waals surface area contributed by atoms with Crippen LogP contribution in [-0.4, -0.2) is 29.4 Å². The Kier molecular flexibility index (Phi) is 6.06. The zero-order chi connectivity index (χ0) is 15.2. The van der Waals surface area contributed by atoms with E-state index in [1.54, 1.807) is 6.20 Å². The molecule has 2 rings (SSSR count). The van der Waals surface area contributed by atoms with Gasteiger partial charge in [-0.2, -0.15) is 5.10 Å². The summed E-state index contributed by atoms with van der Waals surface area (Å²) in [6.45, 7) is 5.32. The maximum atomic E-state index is 12.2. The van der Waals surface area contributed by atoms with Gasteiger partial charge in [-0.3, -0.25) is 4.79 Å². The average Bonchev–Trinajstić information content (AvgIpc) is 2.50. The van der Waals surface area contributed by atoms with Crippen molar-refractivity contribution in [1.29, 1.82) is 0 Å². The van der Waals surface area contributed by atoms with Gasteiger partial charge in [-0.25, -0.2) is 4.68 Å². The third-order valence-electron chi connectivity index (χ3n) is 4.22. The van der Waals surface area contributed by atoms with E-state index in [1.807, 2.05) is 0 Å². The number of aromatic nitrogens is 2. The number of hydrogen-bond donors (Lipinski definition) is 1. The van der Waals surface area contributed by atoms with Crippen LogP contribution in [0.2, 0.25) is 5.02 Å². The molecule has 21 heavy (non-hydrogen) atoms. The van der Waals surface area contributed by atoms with Gasteiger partial charge in [-0.05, 0) is 38.1 Å². The fourth-order valence-corrected chi connectivity index (χ4v) is 3.11. The highest BCUT2D eigenvalue weighted by atomic mass is 35.5. The predicted octanol–water partition coefficient (Wildman–Crippen LogP) is 2.26. The highest BCUT2D eigenvalue weighted by molar-refractivity contribution is 6.33. The minimum atomic E-state index is -0.174. The Morgan fingerprint density at radius 2 is 2.14 bits per heavy atom. The van der Waals surface area contributed by atoms with E-state index in [1.165, 1.54) is 4.68 Å². The molecule has 1 aliphatic heterocycles. The second-order valence-corrected chi connectivity index (χ2v) is 6.11. The van der Waals surface area contributed by atoms with E-state index in [4.69, 9.17) is 17.3 Å². The highest BCUT2D eigenvalue weighted by Crippen LogP contribution is 2.27. The van der Waals surface area contributed by atoms with Crippen molar-refractivity contribution in [3.05, 3.63) is 21.6 Å². The van der Waals surface area contributed by atoms with Gasteiger partial charge in [0.05, 0.1) is 11.9 Å². The van der Waals surface area contributed by atoms with Crippen molar-refractivity contribution in [3.8, 4) is 0 Å². The van der Waals surface area contributed by atoms with Crippen LogP contribution in [0.4, 0.5) is 5.69 Å². The Labute approximate surface area is 131 Å². The number of rotatable bonds is 6. The lowest BCUT2D eigenvalue weighted by molar-refractivity contribution is 0.386. The second-order valence-electron chi connectivity index (χ2n) is 5.73. The summed E-state index contributed by atoms with van der Waals surface area (Å²) in [5, 5.41) is 4.57. The number of anilines is 1. The third-order valence-corrected chi connectivity index (χ3v) is 4.58. The average molecular weight is 313 g/mol. The van der Waals surface area contributed by atoms with Gasteiger partial charge in [-0.15, -0.1) is 0 Å². The van der Waals surface area contributed by atoms with Gasteiger partial charge in [-0.1, -0.05) is 24.9 Å². The second kappa shape index (κ2) is 7.80. The summed E-state index contributed by atoms with van der Waals surface area (Å²) in [5.41, 5.74) is 6.22. The Bertz CT molecular complexity index is 509. The van der Waals surface area contributed by atoms with Crippen molar-refractivity contribution < 1.29 is 0 Å². The number of nitrogens with two attached hydrogens (primary N) is 1. The summed E-state index contributed by atoms with van der Waals surface area (Å²) in [6, 6.07) is 0. The van der Waals surface area contributed by atoms with E-state index in [0.29, 0.717) is 17.5 Å². The number of piperidine rings is 1. The molecule has 118 valence electrons. The Balaban J connectivity index is 2.08. The van der Waals surface area contributed by atoms with E-state index in [-0.39, 0.29) is 5.56 Å². The van der Waals surface area contributed by atoms with Crippen LogP contribution in [-0.2, 0) is 6.54 Å². The molecule has 1 aromatic rings. The fourth-order valence-electron chi connectivity index (χ4n) is 2.84. The van der Waals surface area contributed by atoms with Crippen molar-refractivity contribution in [2.45, 2.75) is 45.6 Å². The summed E-state index contributed by atoms with van der Waals surface area (Å²) in [4.78, 5) is 14.4. The zero-order valence-electron chi connectivity index (χ0n) is 12.7. The molecule has 1 aliphatic rings. The van der Waals surface area contributed by atoms with Crippen molar-refractivity contribution in [2.75, 3.05) is 24.5 Å². The SMILES string of the molecule is CCCCn1ncc(N2CCC(CCN)CC2)c(Cl)c1=O. The van der Waals surface area contributed by atoms with Crippen molar-refractivity contribution >= 4 is 17.3 Å². The molecule has 2 heterocycles. The van der Waals surface area contributed by atoms with Gasteiger partial charge in [0.15, 0.2) is 0 Å². The summed E-state index contributed by atoms with van der Waals surface area (Å²) < 4.78 is 1.47. The molecule has 0 aliphatic carbocycles. The quantitative estimate of drug-likeness (QED) is 0.875. The molecule has 0 aromatic carbocycles. The summed E-state index contributed by atoms with van der Waals surface area (Å²) in [6.07, 6.45) is 7.00. The molecular weight excluding hydrogens is 288 g/mol. The molecule has 6 heteroatoms. The van der Waals surface area contributed by atoms with E-state index in [2.05, 4.69) is 16.9 Å². The summed E-state index contributed by atoms with van der Waals surface area (Å²) in [7, 11) is 0. The van der Waals surface area contributed by atoms with Gasteiger partial charge in [0.1, 0.15) is 5.02 Å². The van der Waals surface area contributed by atoms with Crippen LogP contribution in [0, 0.1) is 5.92 Å². The first-order chi connectivity index (χ1) is 10.2. The Morgan fingerprint density at radius 1 is 1.43 bits per heavy atom. The van der Waals surface area contributed by atoms with Gasteiger partial charge in [0, 0.05) is 19.6 Å². The molecule has 1 aromatic heterocycles. The molecule has 0 radical (unpaired) electrons. The van der Waals surface area contributed by atoms with Gasteiger partial charge >= 0.3 is 0 Å². The first-order valence-corrected chi connectivity index (χ1v) is 8.25. The number of halogens is 1. The van der Waals surface area contributed by atoms with Crippen LogP contribution in [0.25, 0.3) is 0 Å². The molecule has 0 unspecified atom stereocenters. The first kappa shape index (κ1) is 16.3. The number of nitrogens with zero attached hydrogens (tertiary/aromatic N) is 3. The summed E-state index contributed by atoms with van der Waals surface area (Å²) >= 11 is 6.27. The Morgan fingerprint density at radius 3 is 2.76 bits per heavy atom. The lowest BCUT2D eigenvalue weighted by Gasteiger charge is -2.33. The maximum absolute atomic E-state index is 12.2. The number of unbranched alkanes of at least 4 members (excludes halogenated alkanes) is 1. The van der Waals surface area contributed by atoms with Gasteiger partial charge in [0.25, 0.3) is 5.56 Å². The van der Waals surface area contributed by atoms with Crippen molar-refractivity contribution in [2.24, 2.45) is 11.7 Å². The number of aryl methyl sites for hydroxylation is 1. The molecule has 0 spiro atoms. The highest BCUT2D eigenvalue weighted by Gasteiger charge is 2.22. The zero-order valence-corrected chi connectivity index (χ0v) is 13.5. The van der Waals surface area contributed by atoms with Crippen LogP contribution < -0.4 is 16.2 Å². The molecule has 5 nitrogen and oxygen atoms in total. The normalized spacial score (nSPS) is 16.4. The third kappa shape index (κ3) is 3.98. The molecule has 0 atom stereocenters. The summed E-state index contributed by atoms with van der Waals surface area (Å²) in [5.74, 6) is 0.697. The van der Waals surface area contributed by atoms with E-state index in [9.17, 15) is 4.79 Å². The topological polar surface area (TPSA) is 64.2 Å². The molecule has 0 bridgehead atoms. The first-order valence-electron chi connectivity index (χ1n) is 7.88. The monoisotopic (exact) mass is 312 g/mol. The lowest BCUT2D eigenvalue weighted by atomic mass is 9.93. The van der Waals surface area contributed by atoms with Crippen LogP contribution in [0.15, 0.2) is 11.0 Å². The molecule has 0 saturated carbocycles. The van der Waals surface area contributed by atoms with Crippen LogP contribution in [0.3, 0.4) is 0 Å². The molecule has 1 fully saturated rings. The molecule has 0 amide bonds. The molecule has 2 N–H and O–H groups in total. The number of hydrogen-bond acceptors (Lipinski definition) is 4. The van der Waals surface area contributed by atoms with E-state index < -0.39 is 0 Å². The predicted molar refractivity (Wildman–Crippen MR) is 87.0 cm³/mol. The molecular formula is C15H25ClN4O. The van der Waals surface area contributed by atoms with Crippen LogP contribution >= 0.6 is 11.6 Å². The van der Waals surface area contributed by atoms with E-state index in [0.717, 1.165) is 57.4 Å². The lowest BCUT2D eigenvalue weighted by Crippen LogP contribution is -2.36. The van der Waals surface area contributed by atoms with Crippen molar-refractivity contribution in [3.63, 3.8) is 0 Å². The maximum Gasteiger partial charge on any atom is 0.287 e. The van der Waals surface area contributed by atoms with Gasteiger partial charge < -0.3 is 10.6 Å². The molecule has 1 saturated heterocycles. The van der Waals surface area contributed by atoms with E-state index >= 15 is 0 Å². The van der Waals surface area contributed by atoms with Gasteiger partial charge in [0.2, 0.25) is 0 Å². The standard InChI is InChI=1S/C15H25ClN4O/c1-2-3-8-20-15(21)14(16)13(11-18-20)19-9-5-12(4-7-17)6-10-19/h11-12H,2-10,17H2,1H3. The fraction of sp³-hybridized carbons (Fsp3) is 0.733. The largest absolute Gasteiger partial charge is 0.369 e. The smallest absolute Gasteiger partial charge is 0.287 e.